The number of benzene rings is 3. The number of amides is 2. The molecule has 0 saturated carbocycles. The number of esters is 1. The molecule has 0 aliphatic rings. The van der Waals surface area contributed by atoms with Gasteiger partial charge in [0, 0.05) is 31.0 Å². The molecule has 13 nitrogen and oxygen atoms in total. The van der Waals surface area contributed by atoms with Gasteiger partial charge in [-0.3, -0.25) is 14.2 Å². The Labute approximate surface area is 271 Å². The van der Waals surface area contributed by atoms with Crippen LogP contribution in [0.2, 0.25) is 0 Å². The largest absolute Gasteiger partial charge is 0.494 e. The lowest BCUT2D eigenvalue weighted by Gasteiger charge is -2.13. The molecule has 0 fully saturated rings. The van der Waals surface area contributed by atoms with Crippen LogP contribution in [-0.4, -0.2) is 78.3 Å². The van der Waals surface area contributed by atoms with Crippen LogP contribution in [0.25, 0.3) is 5.69 Å². The quantitative estimate of drug-likeness (QED) is 0.150. The Kier molecular flexibility index (Phi) is 11.5. The second kappa shape index (κ2) is 15.5. The third-order valence-corrected chi connectivity index (χ3v) is 9.18. The molecule has 15 heteroatoms. The number of aromatic nitrogens is 3. The highest BCUT2D eigenvalue weighted by Gasteiger charge is 2.20. The summed E-state index contributed by atoms with van der Waals surface area (Å²) in [5.41, 5.74) is 1.86. The van der Waals surface area contributed by atoms with Gasteiger partial charge in [0.25, 0.3) is 5.91 Å². The van der Waals surface area contributed by atoms with Gasteiger partial charge in [0.15, 0.2) is 11.0 Å². The maximum atomic E-state index is 12.9. The van der Waals surface area contributed by atoms with Gasteiger partial charge in [-0.2, -0.15) is 0 Å². The van der Waals surface area contributed by atoms with E-state index >= 15 is 0 Å². The molecule has 46 heavy (non-hydrogen) atoms. The third kappa shape index (κ3) is 8.50. The maximum Gasteiger partial charge on any atom is 0.338 e. The zero-order valence-electron chi connectivity index (χ0n) is 25.7. The number of carbonyl (C=O) groups is 3. The van der Waals surface area contributed by atoms with Crippen molar-refractivity contribution in [1.29, 1.82) is 0 Å². The highest BCUT2D eigenvalue weighted by molar-refractivity contribution is 7.99. The molecule has 4 aromatic rings. The Morgan fingerprint density at radius 2 is 1.52 bits per heavy atom. The molecule has 3 aromatic carbocycles. The minimum atomic E-state index is -3.63. The van der Waals surface area contributed by atoms with E-state index in [1.54, 1.807) is 47.9 Å². The van der Waals surface area contributed by atoms with Crippen LogP contribution < -0.4 is 15.4 Å². The highest BCUT2D eigenvalue weighted by Crippen LogP contribution is 2.25. The zero-order valence-corrected chi connectivity index (χ0v) is 27.4. The molecule has 0 aliphatic carbocycles. The first-order valence-electron chi connectivity index (χ1n) is 14.2. The second-order valence-corrected chi connectivity index (χ2v) is 12.9. The van der Waals surface area contributed by atoms with Crippen LogP contribution in [0.4, 0.5) is 5.69 Å². The molecule has 0 radical (unpaired) electrons. The van der Waals surface area contributed by atoms with Crippen LogP contribution >= 0.6 is 11.8 Å². The van der Waals surface area contributed by atoms with Gasteiger partial charge in [-0.25, -0.2) is 17.5 Å². The van der Waals surface area contributed by atoms with E-state index in [0.717, 1.165) is 16.1 Å². The summed E-state index contributed by atoms with van der Waals surface area (Å²) in [7, 11) is -0.762. The monoisotopic (exact) mass is 666 g/mol. The van der Waals surface area contributed by atoms with Crippen molar-refractivity contribution in [1.82, 2.24) is 24.4 Å². The number of sulfonamides is 1. The fourth-order valence-corrected chi connectivity index (χ4v) is 5.78. The van der Waals surface area contributed by atoms with Crippen molar-refractivity contribution in [3.8, 4) is 11.4 Å². The van der Waals surface area contributed by atoms with Gasteiger partial charge >= 0.3 is 5.97 Å². The molecule has 2 amide bonds. The number of anilines is 1. The van der Waals surface area contributed by atoms with Crippen molar-refractivity contribution in [2.45, 2.75) is 30.4 Å². The Hall–Kier alpha value is -4.73. The number of hydrogen-bond donors (Lipinski definition) is 2. The predicted octanol–water partition coefficient (Wildman–Crippen LogP) is 3.75. The molecule has 0 spiro atoms. The van der Waals surface area contributed by atoms with Gasteiger partial charge in [0.1, 0.15) is 5.75 Å². The molecule has 1 aromatic heterocycles. The third-order valence-electron chi connectivity index (χ3n) is 6.42. The van der Waals surface area contributed by atoms with Gasteiger partial charge in [-0.1, -0.05) is 11.8 Å². The molecule has 0 aliphatic heterocycles. The fourth-order valence-electron chi connectivity index (χ4n) is 4.11. The SMILES string of the molecule is CCOC(=O)c1ccc(NC(=O)CSc2nnc(CNC(=O)c3ccc(S(=O)(=O)N(C)C)cc3)n2-c2ccc(OCC)cc2)cc1. The van der Waals surface area contributed by atoms with E-state index in [0.29, 0.717) is 40.3 Å². The Morgan fingerprint density at radius 1 is 0.870 bits per heavy atom. The van der Waals surface area contributed by atoms with Crippen molar-refractivity contribution in [3.63, 3.8) is 0 Å². The van der Waals surface area contributed by atoms with Crippen molar-refractivity contribution in [2.24, 2.45) is 0 Å². The van der Waals surface area contributed by atoms with E-state index in [9.17, 15) is 22.8 Å². The van der Waals surface area contributed by atoms with Crippen LogP contribution in [0.3, 0.4) is 0 Å². The predicted molar refractivity (Wildman–Crippen MR) is 173 cm³/mol. The summed E-state index contributed by atoms with van der Waals surface area (Å²) in [6.07, 6.45) is 0. The summed E-state index contributed by atoms with van der Waals surface area (Å²) in [6, 6.07) is 19.2. The molecule has 0 unspecified atom stereocenters. The highest BCUT2D eigenvalue weighted by atomic mass is 32.2. The number of ether oxygens (including phenoxy) is 2. The van der Waals surface area contributed by atoms with Gasteiger partial charge in [-0.05, 0) is 86.6 Å². The van der Waals surface area contributed by atoms with E-state index < -0.39 is 21.9 Å². The van der Waals surface area contributed by atoms with Gasteiger partial charge < -0.3 is 20.1 Å². The minimum Gasteiger partial charge on any atom is -0.494 e. The summed E-state index contributed by atoms with van der Waals surface area (Å²) in [6.45, 7) is 4.38. The van der Waals surface area contributed by atoms with Crippen LogP contribution in [0.1, 0.15) is 40.4 Å². The summed E-state index contributed by atoms with van der Waals surface area (Å²) in [5, 5.41) is 14.6. The smallest absolute Gasteiger partial charge is 0.338 e. The fraction of sp³-hybridized carbons (Fsp3) is 0.258. The Bertz CT molecular complexity index is 1770. The standard InChI is InChI=1S/C31H34N6O7S2/c1-5-43-25-15-13-24(14-16-25)37-27(19-32-29(39)21-9-17-26(18-10-21)46(41,42)36(3)4)34-35-31(37)45-20-28(38)33-23-11-7-22(8-12-23)30(40)44-6-2/h7-18H,5-6,19-20H2,1-4H3,(H,32,39)(H,33,38). The number of nitrogens with zero attached hydrogens (tertiary/aromatic N) is 4. The van der Waals surface area contributed by atoms with Gasteiger partial charge in [-0.15, -0.1) is 10.2 Å². The molecule has 1 heterocycles. The Morgan fingerprint density at radius 3 is 2.13 bits per heavy atom. The zero-order chi connectivity index (χ0) is 33.3. The molecular formula is C31H34N6O7S2. The molecule has 0 saturated heterocycles. The van der Waals surface area contributed by atoms with Crippen LogP contribution in [-0.2, 0) is 26.1 Å². The lowest BCUT2D eigenvalue weighted by molar-refractivity contribution is -0.113. The minimum absolute atomic E-state index is 0.00333. The lowest BCUT2D eigenvalue weighted by Crippen LogP contribution is -2.25. The maximum absolute atomic E-state index is 12.9. The lowest BCUT2D eigenvalue weighted by atomic mass is 10.2. The molecule has 0 atom stereocenters. The van der Waals surface area contributed by atoms with Crippen molar-refractivity contribution < 1.29 is 32.3 Å². The Balaban J connectivity index is 1.47. The molecule has 2 N–H and O–H groups in total. The molecular weight excluding hydrogens is 633 g/mol. The summed E-state index contributed by atoms with van der Waals surface area (Å²) >= 11 is 1.15. The first-order chi connectivity index (χ1) is 22.0. The average Bonchev–Trinajstić information content (AvgIpc) is 3.46. The molecule has 242 valence electrons. The van der Waals surface area contributed by atoms with E-state index in [-0.39, 0.29) is 35.3 Å². The van der Waals surface area contributed by atoms with E-state index in [2.05, 4.69) is 20.8 Å². The number of carbonyl (C=O) groups excluding carboxylic acids is 3. The first kappa shape index (κ1) is 34.1. The summed E-state index contributed by atoms with van der Waals surface area (Å²) in [4.78, 5) is 37.7. The summed E-state index contributed by atoms with van der Waals surface area (Å²) in [5.74, 6) is -0.0888. The van der Waals surface area contributed by atoms with Crippen molar-refractivity contribution >= 4 is 45.3 Å². The van der Waals surface area contributed by atoms with Gasteiger partial charge in [0.2, 0.25) is 15.9 Å². The summed E-state index contributed by atoms with van der Waals surface area (Å²) < 4.78 is 38.1. The van der Waals surface area contributed by atoms with E-state index in [1.807, 2.05) is 19.1 Å². The van der Waals surface area contributed by atoms with E-state index in [4.69, 9.17) is 9.47 Å². The topological polar surface area (TPSA) is 162 Å². The average molecular weight is 667 g/mol. The van der Waals surface area contributed by atoms with Gasteiger partial charge in [0.05, 0.1) is 36.0 Å². The van der Waals surface area contributed by atoms with E-state index in [1.165, 1.54) is 38.4 Å². The van der Waals surface area contributed by atoms with Crippen LogP contribution in [0.5, 0.6) is 5.75 Å². The number of nitrogens with one attached hydrogen (secondary N) is 2. The molecule has 0 bridgehead atoms. The van der Waals surface area contributed by atoms with Crippen LogP contribution in [0.15, 0.2) is 82.8 Å². The number of hydrogen-bond acceptors (Lipinski definition) is 10. The molecule has 4 rings (SSSR count). The van der Waals surface area contributed by atoms with Crippen molar-refractivity contribution in [2.75, 3.05) is 38.4 Å². The van der Waals surface area contributed by atoms with Crippen molar-refractivity contribution in [3.05, 3.63) is 89.7 Å². The van der Waals surface area contributed by atoms with Crippen LogP contribution in [0, 0.1) is 0 Å². The number of thioether (sulfide) groups is 1. The second-order valence-electron chi connectivity index (χ2n) is 9.79. The number of rotatable bonds is 14. The normalized spacial score (nSPS) is 11.2. The first-order valence-corrected chi connectivity index (χ1v) is 16.6.